The number of ether oxygens (including phenoxy) is 3. The van der Waals surface area contributed by atoms with E-state index in [1.807, 2.05) is 67.6 Å². The molecular weight excluding hydrogens is 380 g/mol. The summed E-state index contributed by atoms with van der Waals surface area (Å²) in [6.45, 7) is 2.43. The van der Waals surface area contributed by atoms with Gasteiger partial charge in [0, 0.05) is 0 Å². The average molecular weight is 404 g/mol. The van der Waals surface area contributed by atoms with Gasteiger partial charge in [-0.2, -0.15) is 0 Å². The van der Waals surface area contributed by atoms with Crippen molar-refractivity contribution in [2.45, 2.75) is 26.2 Å². The standard InChI is InChI=1S/C25H24O5/c1-2-16-28-21-14-9-15-22(29-23(26)17-19-10-5-3-6-11-19)25(21)30-24(27)18-20-12-7-4-8-13-20/h3-15H,2,16-18H2,1H3. The molecule has 0 aliphatic heterocycles. The smallest absolute Gasteiger partial charge is 0.315 e. The number of hydrogen-bond donors (Lipinski definition) is 0. The molecule has 3 rings (SSSR count). The number of para-hydroxylation sites is 1. The molecule has 5 nitrogen and oxygen atoms in total. The molecule has 0 atom stereocenters. The Morgan fingerprint density at radius 3 is 1.77 bits per heavy atom. The minimum Gasteiger partial charge on any atom is -0.490 e. The first kappa shape index (κ1) is 21.1. The third-order valence-corrected chi connectivity index (χ3v) is 4.23. The molecule has 0 heterocycles. The van der Waals surface area contributed by atoms with E-state index in [0.717, 1.165) is 17.5 Å². The van der Waals surface area contributed by atoms with Crippen molar-refractivity contribution >= 4 is 11.9 Å². The van der Waals surface area contributed by atoms with Crippen LogP contribution in [0.4, 0.5) is 0 Å². The number of hydrogen-bond acceptors (Lipinski definition) is 5. The number of carbonyl (C=O) groups excluding carboxylic acids is 2. The second-order valence-corrected chi connectivity index (χ2v) is 6.70. The van der Waals surface area contributed by atoms with Crippen LogP contribution in [-0.2, 0) is 22.4 Å². The summed E-state index contributed by atoms with van der Waals surface area (Å²) < 4.78 is 16.8. The third kappa shape index (κ3) is 6.21. The predicted octanol–water partition coefficient (Wildman–Crippen LogP) is 4.77. The summed E-state index contributed by atoms with van der Waals surface area (Å²) in [5.41, 5.74) is 1.67. The summed E-state index contributed by atoms with van der Waals surface area (Å²) in [6.07, 6.45) is 0.994. The highest BCUT2D eigenvalue weighted by Crippen LogP contribution is 2.38. The number of carbonyl (C=O) groups is 2. The van der Waals surface area contributed by atoms with Gasteiger partial charge in [0.25, 0.3) is 0 Å². The van der Waals surface area contributed by atoms with E-state index in [-0.39, 0.29) is 24.3 Å². The van der Waals surface area contributed by atoms with E-state index < -0.39 is 11.9 Å². The first-order valence-corrected chi connectivity index (χ1v) is 9.90. The maximum Gasteiger partial charge on any atom is 0.315 e. The largest absolute Gasteiger partial charge is 0.490 e. The van der Waals surface area contributed by atoms with E-state index in [0.29, 0.717) is 12.4 Å². The number of benzene rings is 3. The summed E-state index contributed by atoms with van der Waals surface area (Å²) in [7, 11) is 0. The van der Waals surface area contributed by atoms with Gasteiger partial charge in [0.1, 0.15) is 0 Å². The van der Waals surface area contributed by atoms with Crippen LogP contribution in [0.15, 0.2) is 78.9 Å². The molecule has 0 aliphatic rings. The molecule has 0 bridgehead atoms. The Morgan fingerprint density at radius 2 is 1.20 bits per heavy atom. The van der Waals surface area contributed by atoms with Gasteiger partial charge in [0.05, 0.1) is 19.4 Å². The van der Waals surface area contributed by atoms with Gasteiger partial charge >= 0.3 is 11.9 Å². The molecule has 0 aliphatic carbocycles. The topological polar surface area (TPSA) is 61.8 Å². The Morgan fingerprint density at radius 1 is 0.667 bits per heavy atom. The first-order chi connectivity index (χ1) is 14.7. The van der Waals surface area contributed by atoms with Gasteiger partial charge < -0.3 is 14.2 Å². The lowest BCUT2D eigenvalue weighted by Gasteiger charge is -2.15. The Balaban J connectivity index is 1.77. The summed E-state index contributed by atoms with van der Waals surface area (Å²) in [5.74, 6) is -0.272. The van der Waals surface area contributed by atoms with E-state index in [1.165, 1.54) is 0 Å². The van der Waals surface area contributed by atoms with Crippen LogP contribution >= 0.6 is 0 Å². The molecule has 0 fully saturated rings. The molecule has 154 valence electrons. The van der Waals surface area contributed by atoms with Crippen molar-refractivity contribution in [3.63, 3.8) is 0 Å². The van der Waals surface area contributed by atoms with Crippen LogP contribution in [0.3, 0.4) is 0 Å². The highest BCUT2D eigenvalue weighted by Gasteiger charge is 2.19. The van der Waals surface area contributed by atoms with Crippen LogP contribution in [0, 0.1) is 0 Å². The molecule has 0 aromatic heterocycles. The van der Waals surface area contributed by atoms with Crippen molar-refractivity contribution in [3.8, 4) is 17.2 Å². The zero-order valence-corrected chi connectivity index (χ0v) is 16.9. The van der Waals surface area contributed by atoms with Crippen LogP contribution in [0.25, 0.3) is 0 Å². The van der Waals surface area contributed by atoms with Crippen LogP contribution in [-0.4, -0.2) is 18.5 Å². The van der Waals surface area contributed by atoms with Crippen molar-refractivity contribution in [1.82, 2.24) is 0 Å². The lowest BCUT2D eigenvalue weighted by molar-refractivity contribution is -0.136. The SMILES string of the molecule is CCCOc1cccc(OC(=O)Cc2ccccc2)c1OC(=O)Cc1ccccc1. The molecule has 30 heavy (non-hydrogen) atoms. The van der Waals surface area contributed by atoms with E-state index >= 15 is 0 Å². The third-order valence-electron chi connectivity index (χ3n) is 4.23. The van der Waals surface area contributed by atoms with Gasteiger partial charge in [-0.1, -0.05) is 73.7 Å². The highest BCUT2D eigenvalue weighted by molar-refractivity contribution is 5.79. The molecular formula is C25H24O5. The van der Waals surface area contributed by atoms with Gasteiger partial charge in [0.15, 0.2) is 11.5 Å². The van der Waals surface area contributed by atoms with Gasteiger partial charge in [-0.05, 0) is 29.7 Å². The van der Waals surface area contributed by atoms with Gasteiger partial charge in [-0.25, -0.2) is 0 Å². The van der Waals surface area contributed by atoms with Crippen molar-refractivity contribution in [2.75, 3.05) is 6.61 Å². The molecule has 0 saturated heterocycles. The summed E-state index contributed by atoms with van der Waals surface area (Å²) in [4.78, 5) is 25.0. The van der Waals surface area contributed by atoms with Crippen molar-refractivity contribution < 1.29 is 23.8 Å². The molecule has 5 heteroatoms. The molecule has 0 N–H and O–H groups in total. The second kappa shape index (κ2) is 10.8. The fraction of sp³-hybridized carbons (Fsp3) is 0.200. The summed E-state index contributed by atoms with van der Waals surface area (Å²) in [5, 5.41) is 0. The maximum absolute atomic E-state index is 12.5. The van der Waals surface area contributed by atoms with E-state index in [1.54, 1.807) is 18.2 Å². The van der Waals surface area contributed by atoms with Crippen LogP contribution in [0.5, 0.6) is 17.2 Å². The Kier molecular flexibility index (Phi) is 7.61. The van der Waals surface area contributed by atoms with E-state index in [2.05, 4.69) is 0 Å². The molecule has 0 radical (unpaired) electrons. The van der Waals surface area contributed by atoms with Crippen molar-refractivity contribution in [1.29, 1.82) is 0 Å². The maximum atomic E-state index is 12.5. The van der Waals surface area contributed by atoms with Crippen LogP contribution in [0.2, 0.25) is 0 Å². The van der Waals surface area contributed by atoms with E-state index in [4.69, 9.17) is 14.2 Å². The van der Waals surface area contributed by atoms with Crippen molar-refractivity contribution in [3.05, 3.63) is 90.0 Å². The lowest BCUT2D eigenvalue weighted by Crippen LogP contribution is -2.16. The fourth-order valence-electron chi connectivity index (χ4n) is 2.84. The Hall–Kier alpha value is -3.60. The summed E-state index contributed by atoms with van der Waals surface area (Å²) in [6, 6.07) is 23.6. The lowest BCUT2D eigenvalue weighted by atomic mass is 10.1. The van der Waals surface area contributed by atoms with Crippen LogP contribution in [0.1, 0.15) is 24.5 Å². The monoisotopic (exact) mass is 404 g/mol. The zero-order chi connectivity index (χ0) is 21.2. The molecule has 3 aromatic carbocycles. The Bertz CT molecular complexity index is 967. The molecule has 0 spiro atoms. The molecule has 0 amide bonds. The minimum absolute atomic E-state index is 0.0976. The highest BCUT2D eigenvalue weighted by atomic mass is 16.6. The quantitative estimate of drug-likeness (QED) is 0.380. The molecule has 0 saturated carbocycles. The van der Waals surface area contributed by atoms with Gasteiger partial charge in [-0.15, -0.1) is 0 Å². The first-order valence-electron chi connectivity index (χ1n) is 9.90. The zero-order valence-electron chi connectivity index (χ0n) is 16.9. The van der Waals surface area contributed by atoms with Gasteiger partial charge in [-0.3, -0.25) is 9.59 Å². The normalized spacial score (nSPS) is 10.3. The van der Waals surface area contributed by atoms with Crippen molar-refractivity contribution in [2.24, 2.45) is 0 Å². The predicted molar refractivity (Wildman–Crippen MR) is 114 cm³/mol. The minimum atomic E-state index is -0.464. The van der Waals surface area contributed by atoms with Crippen LogP contribution < -0.4 is 14.2 Å². The molecule has 3 aromatic rings. The van der Waals surface area contributed by atoms with E-state index in [9.17, 15) is 9.59 Å². The number of esters is 2. The summed E-state index contributed by atoms with van der Waals surface area (Å²) >= 11 is 0. The fourth-order valence-corrected chi connectivity index (χ4v) is 2.84. The van der Waals surface area contributed by atoms with Gasteiger partial charge in [0.2, 0.25) is 5.75 Å². The molecule has 0 unspecified atom stereocenters. The second-order valence-electron chi connectivity index (χ2n) is 6.70. The number of rotatable bonds is 9. The Labute approximate surface area is 176 Å². The average Bonchev–Trinajstić information content (AvgIpc) is 2.75.